The summed E-state index contributed by atoms with van der Waals surface area (Å²) in [6.45, 7) is 4.79. The molecule has 2 aliphatic heterocycles. The fourth-order valence-corrected chi connectivity index (χ4v) is 3.29. The second-order valence-electron chi connectivity index (χ2n) is 6.20. The summed E-state index contributed by atoms with van der Waals surface area (Å²) in [5, 5.41) is 13.6. The lowest BCUT2D eigenvalue weighted by atomic mass is 10.1. The van der Waals surface area contributed by atoms with Crippen LogP contribution in [0.1, 0.15) is 24.5 Å². The number of hydrogen-bond acceptors (Lipinski definition) is 4. The van der Waals surface area contributed by atoms with Crippen LogP contribution in [-0.2, 0) is 4.79 Å². The van der Waals surface area contributed by atoms with Gasteiger partial charge < -0.3 is 15.3 Å². The monoisotopic (exact) mass is 375 g/mol. The van der Waals surface area contributed by atoms with E-state index in [0.29, 0.717) is 6.54 Å². The molecule has 7 heteroatoms. The third kappa shape index (κ3) is 5.33. The smallest absolute Gasteiger partial charge is 0.239 e. The maximum Gasteiger partial charge on any atom is 0.239 e. The Morgan fingerprint density at radius 1 is 1.17 bits per heavy atom. The van der Waals surface area contributed by atoms with E-state index in [1.54, 1.807) is 0 Å². The highest BCUT2D eigenvalue weighted by Crippen LogP contribution is 2.16. The molecule has 0 saturated carbocycles. The molecule has 2 saturated heterocycles. The van der Waals surface area contributed by atoms with E-state index in [1.165, 1.54) is 0 Å². The number of rotatable bonds is 4. The number of nitrogens with zero attached hydrogens (tertiary/aromatic N) is 2. The van der Waals surface area contributed by atoms with Crippen LogP contribution >= 0.6 is 24.8 Å². The van der Waals surface area contributed by atoms with Gasteiger partial charge in [-0.25, -0.2) is 0 Å². The van der Waals surface area contributed by atoms with E-state index >= 15 is 0 Å². The third-order valence-corrected chi connectivity index (χ3v) is 4.66. The van der Waals surface area contributed by atoms with Crippen molar-refractivity contribution in [2.45, 2.75) is 25.0 Å². The van der Waals surface area contributed by atoms with Gasteiger partial charge in [-0.15, -0.1) is 24.8 Å². The molecule has 0 aromatic heterocycles. The van der Waals surface area contributed by atoms with Gasteiger partial charge in [0.05, 0.1) is 12.1 Å². The lowest BCUT2D eigenvalue weighted by Crippen LogP contribution is -2.53. The summed E-state index contributed by atoms with van der Waals surface area (Å²) in [5.41, 5.74) is 0.955. The molecule has 136 valence electrons. The SMILES string of the molecule is Cl.Cl.O=C(C1CCCN1)N1CCN(CC(O)c2ccccc2)CC1. The van der Waals surface area contributed by atoms with Crippen molar-refractivity contribution in [1.82, 2.24) is 15.1 Å². The quantitative estimate of drug-likeness (QED) is 0.836. The first kappa shape index (κ1) is 21.2. The molecule has 0 radical (unpaired) electrons. The predicted molar refractivity (Wildman–Crippen MR) is 99.9 cm³/mol. The number of aliphatic hydroxyl groups excluding tert-OH is 1. The Kier molecular flexibility index (Phi) is 9.02. The molecule has 1 aromatic carbocycles. The van der Waals surface area contributed by atoms with Gasteiger partial charge in [0.15, 0.2) is 0 Å². The van der Waals surface area contributed by atoms with Crippen LogP contribution < -0.4 is 5.32 Å². The standard InChI is InChI=1S/C17H25N3O2.2ClH/c21-16(14-5-2-1-3-6-14)13-19-9-11-20(12-10-19)17(22)15-7-4-8-18-15;;/h1-3,5-6,15-16,18,21H,4,7-13H2;2*1H. The summed E-state index contributed by atoms with van der Waals surface area (Å²) in [6.07, 6.45) is 1.60. The maximum atomic E-state index is 12.3. The number of halogens is 2. The lowest BCUT2D eigenvalue weighted by Gasteiger charge is -2.36. The number of carbonyl (C=O) groups excluding carboxylic acids is 1. The van der Waals surface area contributed by atoms with Crippen LogP contribution in [0.4, 0.5) is 0 Å². The molecule has 3 rings (SSSR count). The first-order valence-electron chi connectivity index (χ1n) is 8.21. The summed E-state index contributed by atoms with van der Waals surface area (Å²) in [6, 6.07) is 9.79. The van der Waals surface area contributed by atoms with Gasteiger partial charge in [-0.05, 0) is 24.9 Å². The molecule has 1 amide bonds. The van der Waals surface area contributed by atoms with Gasteiger partial charge in [-0.1, -0.05) is 30.3 Å². The molecule has 2 fully saturated rings. The number of benzene rings is 1. The van der Waals surface area contributed by atoms with Crippen molar-refractivity contribution in [3.05, 3.63) is 35.9 Å². The predicted octanol–water partition coefficient (Wildman–Crippen LogP) is 1.46. The molecular formula is C17H27Cl2N3O2. The van der Waals surface area contributed by atoms with Gasteiger partial charge in [0.1, 0.15) is 0 Å². The summed E-state index contributed by atoms with van der Waals surface area (Å²) in [5.74, 6) is 0.251. The van der Waals surface area contributed by atoms with Crippen molar-refractivity contribution >= 4 is 30.7 Å². The van der Waals surface area contributed by atoms with Crippen LogP contribution in [0.2, 0.25) is 0 Å². The molecule has 2 aliphatic rings. The second kappa shape index (κ2) is 10.2. The molecule has 1 aromatic rings. The summed E-state index contributed by atoms with van der Waals surface area (Å²) in [7, 11) is 0. The lowest BCUT2D eigenvalue weighted by molar-refractivity contribution is -0.135. The Balaban J connectivity index is 0.00000144. The normalized spacial score (nSPS) is 22.4. The van der Waals surface area contributed by atoms with E-state index in [9.17, 15) is 9.90 Å². The molecule has 2 unspecified atom stereocenters. The van der Waals surface area contributed by atoms with Gasteiger partial charge in [-0.2, -0.15) is 0 Å². The minimum Gasteiger partial charge on any atom is -0.387 e. The van der Waals surface area contributed by atoms with Crippen LogP contribution in [0.25, 0.3) is 0 Å². The van der Waals surface area contributed by atoms with E-state index in [4.69, 9.17) is 0 Å². The van der Waals surface area contributed by atoms with Crippen molar-refractivity contribution in [2.75, 3.05) is 39.3 Å². The molecule has 5 nitrogen and oxygen atoms in total. The van der Waals surface area contributed by atoms with Crippen LogP contribution in [-0.4, -0.2) is 66.1 Å². The second-order valence-corrected chi connectivity index (χ2v) is 6.20. The highest BCUT2D eigenvalue weighted by atomic mass is 35.5. The van der Waals surface area contributed by atoms with E-state index < -0.39 is 6.10 Å². The fraction of sp³-hybridized carbons (Fsp3) is 0.588. The molecule has 2 heterocycles. The number of β-amino-alcohol motifs (C(OH)–C–C–N with tert-alkyl or cyclic N) is 1. The number of hydrogen-bond donors (Lipinski definition) is 2. The Bertz CT molecular complexity index is 490. The first-order valence-corrected chi connectivity index (χ1v) is 8.21. The molecule has 0 bridgehead atoms. The Morgan fingerprint density at radius 2 is 1.83 bits per heavy atom. The largest absolute Gasteiger partial charge is 0.387 e. The highest BCUT2D eigenvalue weighted by molar-refractivity contribution is 5.85. The van der Waals surface area contributed by atoms with Gasteiger partial charge in [-0.3, -0.25) is 9.69 Å². The van der Waals surface area contributed by atoms with Crippen LogP contribution in [0.3, 0.4) is 0 Å². The summed E-state index contributed by atoms with van der Waals surface area (Å²) >= 11 is 0. The maximum absolute atomic E-state index is 12.3. The molecule has 2 atom stereocenters. The molecule has 0 aliphatic carbocycles. The number of carbonyl (C=O) groups is 1. The van der Waals surface area contributed by atoms with E-state index in [-0.39, 0.29) is 36.8 Å². The number of aliphatic hydroxyl groups is 1. The summed E-state index contributed by atoms with van der Waals surface area (Å²) < 4.78 is 0. The van der Waals surface area contributed by atoms with Crippen molar-refractivity contribution in [2.24, 2.45) is 0 Å². The number of nitrogens with one attached hydrogen (secondary N) is 1. The molecule has 2 N–H and O–H groups in total. The van der Waals surface area contributed by atoms with Crippen molar-refractivity contribution in [1.29, 1.82) is 0 Å². The van der Waals surface area contributed by atoms with E-state index in [0.717, 1.165) is 51.1 Å². The van der Waals surface area contributed by atoms with Gasteiger partial charge in [0.2, 0.25) is 5.91 Å². The van der Waals surface area contributed by atoms with Gasteiger partial charge in [0.25, 0.3) is 0 Å². The number of amides is 1. The fourth-order valence-electron chi connectivity index (χ4n) is 3.29. The Morgan fingerprint density at radius 3 is 2.42 bits per heavy atom. The molecule has 0 spiro atoms. The van der Waals surface area contributed by atoms with Crippen LogP contribution in [0.15, 0.2) is 30.3 Å². The zero-order valence-electron chi connectivity index (χ0n) is 13.8. The average molecular weight is 376 g/mol. The Hall–Kier alpha value is -0.850. The van der Waals surface area contributed by atoms with Crippen LogP contribution in [0, 0.1) is 0 Å². The Labute approximate surface area is 156 Å². The first-order chi connectivity index (χ1) is 10.7. The van der Waals surface area contributed by atoms with Gasteiger partial charge >= 0.3 is 0 Å². The van der Waals surface area contributed by atoms with Gasteiger partial charge in [0, 0.05) is 32.7 Å². The minimum atomic E-state index is -0.458. The number of piperazine rings is 1. The van der Waals surface area contributed by atoms with Crippen molar-refractivity contribution < 1.29 is 9.90 Å². The minimum absolute atomic E-state index is 0. The zero-order chi connectivity index (χ0) is 15.4. The van der Waals surface area contributed by atoms with Crippen molar-refractivity contribution in [3.63, 3.8) is 0 Å². The summed E-state index contributed by atoms with van der Waals surface area (Å²) in [4.78, 5) is 16.6. The van der Waals surface area contributed by atoms with Crippen molar-refractivity contribution in [3.8, 4) is 0 Å². The zero-order valence-corrected chi connectivity index (χ0v) is 15.4. The third-order valence-electron chi connectivity index (χ3n) is 4.66. The topological polar surface area (TPSA) is 55.8 Å². The van der Waals surface area contributed by atoms with Crippen LogP contribution in [0.5, 0.6) is 0 Å². The molecule has 24 heavy (non-hydrogen) atoms. The molecular weight excluding hydrogens is 349 g/mol. The average Bonchev–Trinajstić information content (AvgIpc) is 3.10. The van der Waals surface area contributed by atoms with E-state index in [1.807, 2.05) is 35.2 Å². The van der Waals surface area contributed by atoms with E-state index in [2.05, 4.69) is 10.2 Å². The highest BCUT2D eigenvalue weighted by Gasteiger charge is 2.29.